The highest BCUT2D eigenvalue weighted by molar-refractivity contribution is 8.07. The summed E-state index contributed by atoms with van der Waals surface area (Å²) in [6, 6.07) is 7.81. The van der Waals surface area contributed by atoms with Crippen molar-refractivity contribution in [1.82, 2.24) is 0 Å². The van der Waals surface area contributed by atoms with Gasteiger partial charge in [0.2, 0.25) is 0 Å². The normalized spacial score (nSPS) is 13.0. The van der Waals surface area contributed by atoms with E-state index < -0.39 is 23.5 Å². The second-order valence-electron chi connectivity index (χ2n) is 5.65. The van der Waals surface area contributed by atoms with Gasteiger partial charge < -0.3 is 0 Å². The van der Waals surface area contributed by atoms with E-state index in [0.717, 1.165) is 11.8 Å². The lowest BCUT2D eigenvalue weighted by molar-refractivity contribution is -0.143. The Kier molecular flexibility index (Phi) is 6.09. The molecular weight excluding hydrogens is 390 g/mol. The zero-order valence-electron chi connectivity index (χ0n) is 14.2. The Morgan fingerprint density at radius 3 is 1.89 bits per heavy atom. The van der Waals surface area contributed by atoms with Gasteiger partial charge in [0, 0.05) is 10.5 Å². The largest absolute Gasteiger partial charge is 0.416 e. The number of hydrogen-bond donors (Lipinski definition) is 0. The van der Waals surface area contributed by atoms with Gasteiger partial charge >= 0.3 is 12.4 Å². The lowest BCUT2D eigenvalue weighted by Gasteiger charge is -2.15. The van der Waals surface area contributed by atoms with Crippen LogP contribution in [0.5, 0.6) is 0 Å². The third-order valence-corrected chi connectivity index (χ3v) is 4.51. The number of rotatable bonds is 4. The van der Waals surface area contributed by atoms with Gasteiger partial charge in [0.05, 0.1) is 11.1 Å². The molecule has 0 aromatic heterocycles. The van der Waals surface area contributed by atoms with E-state index in [1.165, 1.54) is 19.3 Å². The van der Waals surface area contributed by atoms with Crippen molar-refractivity contribution in [3.8, 4) is 0 Å². The summed E-state index contributed by atoms with van der Waals surface area (Å²) >= 11 is 0.992. The molecule has 0 aliphatic rings. The van der Waals surface area contributed by atoms with Gasteiger partial charge in [-0.3, -0.25) is 4.79 Å². The molecule has 0 spiro atoms. The first kappa shape index (κ1) is 21.1. The second-order valence-corrected chi connectivity index (χ2v) is 6.50. The molecule has 0 aliphatic carbocycles. The van der Waals surface area contributed by atoms with Crippen LogP contribution in [0, 0.1) is 0 Å². The van der Waals surface area contributed by atoms with Crippen LogP contribution in [0.2, 0.25) is 0 Å². The zero-order chi connectivity index (χ0) is 20.4. The average molecular weight is 404 g/mol. The van der Waals surface area contributed by atoms with E-state index in [1.807, 2.05) is 0 Å². The van der Waals surface area contributed by atoms with Gasteiger partial charge in [-0.15, -0.1) is 11.8 Å². The molecule has 0 atom stereocenters. The molecule has 27 heavy (non-hydrogen) atoms. The van der Waals surface area contributed by atoms with E-state index in [4.69, 9.17) is 0 Å². The average Bonchev–Trinajstić information content (AvgIpc) is 2.58. The third-order valence-electron chi connectivity index (χ3n) is 3.72. The summed E-state index contributed by atoms with van der Waals surface area (Å²) in [5.74, 6) is -0.262. The van der Waals surface area contributed by atoms with Crippen molar-refractivity contribution in [2.24, 2.45) is 0 Å². The number of ketones is 1. The number of thioether (sulfide) groups is 1. The minimum absolute atomic E-state index is 0.0883. The Morgan fingerprint density at radius 2 is 1.44 bits per heavy atom. The first-order chi connectivity index (χ1) is 12.4. The Morgan fingerprint density at radius 1 is 0.926 bits per heavy atom. The highest BCUT2D eigenvalue weighted by Gasteiger charge is 2.37. The monoisotopic (exact) mass is 404 g/mol. The fourth-order valence-electron chi connectivity index (χ4n) is 2.44. The molecule has 1 nitrogen and oxygen atoms in total. The third kappa shape index (κ3) is 5.15. The van der Waals surface area contributed by atoms with Crippen molar-refractivity contribution in [2.75, 3.05) is 6.26 Å². The van der Waals surface area contributed by atoms with Gasteiger partial charge in [-0.2, -0.15) is 26.3 Å². The smallest absolute Gasteiger partial charge is 0.294 e. The van der Waals surface area contributed by atoms with Crippen LogP contribution in [0.1, 0.15) is 39.5 Å². The molecule has 0 aliphatic heterocycles. The molecule has 8 heteroatoms. The van der Waals surface area contributed by atoms with Crippen LogP contribution in [0.4, 0.5) is 26.3 Å². The molecule has 0 heterocycles. The van der Waals surface area contributed by atoms with Crippen LogP contribution in [0.3, 0.4) is 0 Å². The lowest BCUT2D eigenvalue weighted by atomic mass is 10.0. The number of alkyl halides is 6. The first-order valence-electron chi connectivity index (χ1n) is 7.59. The summed E-state index contributed by atoms with van der Waals surface area (Å²) in [5.41, 5.74) is -2.24. The summed E-state index contributed by atoms with van der Waals surface area (Å²) < 4.78 is 78.4. The number of hydrogen-bond acceptors (Lipinski definition) is 2. The molecule has 2 aromatic carbocycles. The molecule has 0 N–H and O–H groups in total. The van der Waals surface area contributed by atoms with Gasteiger partial charge in [-0.1, -0.05) is 24.3 Å². The van der Waals surface area contributed by atoms with Crippen molar-refractivity contribution in [2.45, 2.75) is 19.3 Å². The molecule has 0 fully saturated rings. The SMILES string of the molecule is CS/C(=C/c1ccccc1C(C)=O)c1cc(C(F)(F)F)cc(C(F)(F)F)c1. The molecule has 2 aromatic rings. The standard InChI is InChI=1S/C19H14F6OS/c1-11(26)16-6-4-3-5-12(16)9-17(27-2)13-7-14(18(20,21)22)10-15(8-13)19(23,24)25/h3-10H,1-2H3/b17-9+. The van der Waals surface area contributed by atoms with Crippen molar-refractivity contribution >= 4 is 28.5 Å². The van der Waals surface area contributed by atoms with E-state index in [0.29, 0.717) is 23.3 Å². The van der Waals surface area contributed by atoms with Crippen molar-refractivity contribution < 1.29 is 31.1 Å². The highest BCUT2D eigenvalue weighted by atomic mass is 32.2. The van der Waals surface area contributed by atoms with E-state index in [2.05, 4.69) is 0 Å². The Labute approximate surface area is 156 Å². The van der Waals surface area contributed by atoms with Crippen molar-refractivity contribution in [1.29, 1.82) is 0 Å². The summed E-state index contributed by atoms with van der Waals surface area (Å²) in [7, 11) is 0. The lowest BCUT2D eigenvalue weighted by Crippen LogP contribution is -2.11. The van der Waals surface area contributed by atoms with Gasteiger partial charge in [0.15, 0.2) is 5.78 Å². The Hall–Kier alpha value is -2.22. The minimum Gasteiger partial charge on any atom is -0.294 e. The maximum atomic E-state index is 13.1. The molecule has 144 valence electrons. The summed E-state index contributed by atoms with van der Waals surface area (Å²) in [4.78, 5) is 11.9. The van der Waals surface area contributed by atoms with E-state index >= 15 is 0 Å². The molecule has 2 rings (SSSR count). The van der Waals surface area contributed by atoms with Gasteiger partial charge in [0.1, 0.15) is 0 Å². The van der Waals surface area contributed by atoms with Crippen LogP contribution in [0.15, 0.2) is 42.5 Å². The van der Waals surface area contributed by atoms with Gasteiger partial charge in [0.25, 0.3) is 0 Å². The number of benzene rings is 2. The molecular formula is C19H14F6OS. The van der Waals surface area contributed by atoms with Crippen molar-refractivity contribution in [3.05, 3.63) is 70.3 Å². The van der Waals surface area contributed by atoms with Gasteiger partial charge in [-0.25, -0.2) is 0 Å². The fraction of sp³-hybridized carbons (Fsp3) is 0.211. The molecule has 0 radical (unpaired) electrons. The minimum atomic E-state index is -4.92. The Balaban J connectivity index is 2.69. The fourth-order valence-corrected chi connectivity index (χ4v) is 3.04. The predicted molar refractivity (Wildman–Crippen MR) is 94.3 cm³/mol. The first-order valence-corrected chi connectivity index (χ1v) is 8.81. The van der Waals surface area contributed by atoms with Crippen molar-refractivity contribution in [3.63, 3.8) is 0 Å². The van der Waals surface area contributed by atoms with Crippen LogP contribution in [-0.4, -0.2) is 12.0 Å². The van der Waals surface area contributed by atoms with E-state index in [1.54, 1.807) is 24.3 Å². The number of carbonyl (C=O) groups excluding carboxylic acids is 1. The molecule has 0 bridgehead atoms. The number of Topliss-reactive ketones (excluding diaryl/α,β-unsaturated/α-hetero) is 1. The highest BCUT2D eigenvalue weighted by Crippen LogP contribution is 2.39. The molecule has 0 unspecified atom stereocenters. The summed E-state index contributed by atoms with van der Waals surface area (Å²) in [5, 5.41) is 0. The second kappa shape index (κ2) is 7.80. The summed E-state index contributed by atoms with van der Waals surface area (Å²) in [6.45, 7) is 1.33. The quantitative estimate of drug-likeness (QED) is 0.317. The zero-order valence-corrected chi connectivity index (χ0v) is 15.0. The van der Waals surface area contributed by atoms with E-state index in [9.17, 15) is 31.1 Å². The predicted octanol–water partition coefficient (Wildman–Crippen LogP) is 6.79. The van der Waals surface area contributed by atoms with Crippen LogP contribution in [-0.2, 0) is 12.4 Å². The summed E-state index contributed by atoms with van der Waals surface area (Å²) in [6.07, 6.45) is -6.89. The molecule has 0 saturated carbocycles. The molecule has 0 saturated heterocycles. The van der Waals surface area contributed by atoms with Crippen LogP contribution in [0.25, 0.3) is 11.0 Å². The number of halogens is 6. The molecule has 0 amide bonds. The topological polar surface area (TPSA) is 17.1 Å². The van der Waals surface area contributed by atoms with Crippen LogP contribution >= 0.6 is 11.8 Å². The Bertz CT molecular complexity index is 848. The van der Waals surface area contributed by atoms with Gasteiger partial charge in [-0.05, 0) is 48.6 Å². The van der Waals surface area contributed by atoms with Crippen LogP contribution < -0.4 is 0 Å². The van der Waals surface area contributed by atoms with E-state index in [-0.39, 0.29) is 22.3 Å². The number of carbonyl (C=O) groups is 1. The maximum Gasteiger partial charge on any atom is 0.416 e. The maximum absolute atomic E-state index is 13.1.